The van der Waals surface area contributed by atoms with Crippen LogP contribution in [-0.4, -0.2) is 5.71 Å². The van der Waals surface area contributed by atoms with Crippen molar-refractivity contribution in [1.29, 1.82) is 0 Å². The van der Waals surface area contributed by atoms with Gasteiger partial charge in [-0.3, -0.25) is 0 Å². The maximum atomic E-state index is 5.51. The van der Waals surface area contributed by atoms with Gasteiger partial charge in [0.2, 0.25) is 0 Å². The van der Waals surface area contributed by atoms with Gasteiger partial charge >= 0.3 is 0 Å². The van der Waals surface area contributed by atoms with Crippen molar-refractivity contribution in [2.24, 2.45) is 4.99 Å². The van der Waals surface area contributed by atoms with Crippen LogP contribution in [0, 0.1) is 19.3 Å². The second-order valence-corrected chi connectivity index (χ2v) is 3.81. The summed E-state index contributed by atoms with van der Waals surface area (Å²) in [5.41, 5.74) is 3.73. The molecule has 0 spiro atoms. The van der Waals surface area contributed by atoms with Crippen LogP contribution in [0.15, 0.2) is 59.6 Å². The van der Waals surface area contributed by atoms with Crippen molar-refractivity contribution in [3.05, 3.63) is 65.7 Å². The lowest BCUT2D eigenvalue weighted by molar-refractivity contribution is 1.45. The van der Waals surface area contributed by atoms with E-state index in [1.54, 1.807) is 0 Å². The van der Waals surface area contributed by atoms with Gasteiger partial charge in [-0.2, -0.15) is 0 Å². The maximum absolute atomic E-state index is 5.51. The van der Waals surface area contributed by atoms with E-state index in [9.17, 15) is 0 Å². The largest absolute Gasteiger partial charge is 0.239 e. The Kier molecular flexibility index (Phi) is 3.37. The highest BCUT2D eigenvalue weighted by atomic mass is 14.7. The number of benzene rings is 2. The predicted octanol–water partition coefficient (Wildman–Crippen LogP) is 3.75. The van der Waals surface area contributed by atoms with Crippen molar-refractivity contribution in [2.45, 2.75) is 6.92 Å². The highest BCUT2D eigenvalue weighted by Gasteiger charge is 1.99. The Bertz CT molecular complexity index is 557. The Labute approximate surface area is 102 Å². The van der Waals surface area contributed by atoms with Crippen LogP contribution in [0.2, 0.25) is 0 Å². The fourth-order valence-corrected chi connectivity index (χ4v) is 1.52. The number of aliphatic imine (C=N–C) groups is 1. The molecule has 0 aliphatic carbocycles. The van der Waals surface area contributed by atoms with Crippen LogP contribution < -0.4 is 0 Å². The van der Waals surface area contributed by atoms with Gasteiger partial charge in [0, 0.05) is 5.56 Å². The van der Waals surface area contributed by atoms with Crippen molar-refractivity contribution in [2.75, 3.05) is 0 Å². The van der Waals surface area contributed by atoms with E-state index in [0.717, 1.165) is 11.3 Å². The molecule has 2 rings (SSSR count). The molecule has 0 N–H and O–H groups in total. The molecule has 0 atom stereocenters. The number of hydrogen-bond acceptors (Lipinski definition) is 1. The number of hydrogen-bond donors (Lipinski definition) is 0. The summed E-state index contributed by atoms with van der Waals surface area (Å²) in [6.07, 6.45) is 5.51. The summed E-state index contributed by atoms with van der Waals surface area (Å²) >= 11 is 0. The van der Waals surface area contributed by atoms with Crippen LogP contribution in [0.5, 0.6) is 0 Å². The van der Waals surface area contributed by atoms with Crippen molar-refractivity contribution in [3.8, 4) is 12.3 Å². The molecule has 0 bridgehead atoms. The first kappa shape index (κ1) is 11.2. The fraction of sp³-hybridized carbons (Fsp3) is 0.0625. The first-order valence-electron chi connectivity index (χ1n) is 5.47. The average Bonchev–Trinajstić information content (AvgIpc) is 2.38. The van der Waals surface area contributed by atoms with Gasteiger partial charge in [-0.15, -0.1) is 6.42 Å². The Morgan fingerprint density at radius 1 is 1.00 bits per heavy atom. The standard InChI is InChI=1S/C16H13N/c1-3-16(14-11-9-13(2)10-12-14)17-15-7-5-4-6-8-15/h1,4-12H,2H3. The summed E-state index contributed by atoms with van der Waals surface area (Å²) in [6.45, 7) is 2.05. The summed E-state index contributed by atoms with van der Waals surface area (Å²) in [5.74, 6) is 2.64. The molecule has 0 radical (unpaired) electrons. The van der Waals surface area contributed by atoms with Gasteiger partial charge < -0.3 is 0 Å². The second kappa shape index (κ2) is 5.14. The Morgan fingerprint density at radius 3 is 2.24 bits per heavy atom. The van der Waals surface area contributed by atoms with Crippen molar-refractivity contribution >= 4 is 11.4 Å². The molecule has 2 aromatic carbocycles. The summed E-state index contributed by atoms with van der Waals surface area (Å²) < 4.78 is 0. The molecule has 0 aliphatic heterocycles. The van der Waals surface area contributed by atoms with Crippen LogP contribution in [0.1, 0.15) is 11.1 Å². The van der Waals surface area contributed by atoms with E-state index in [-0.39, 0.29) is 0 Å². The van der Waals surface area contributed by atoms with E-state index < -0.39 is 0 Å². The van der Waals surface area contributed by atoms with E-state index in [2.05, 4.69) is 10.9 Å². The molecule has 1 heteroatoms. The second-order valence-electron chi connectivity index (χ2n) is 3.81. The molecule has 0 heterocycles. The average molecular weight is 219 g/mol. The van der Waals surface area contributed by atoms with Gasteiger partial charge in [0.1, 0.15) is 5.71 Å². The molecule has 0 saturated heterocycles. The third-order valence-corrected chi connectivity index (χ3v) is 2.46. The highest BCUT2D eigenvalue weighted by molar-refractivity contribution is 6.13. The van der Waals surface area contributed by atoms with Crippen LogP contribution >= 0.6 is 0 Å². The third-order valence-electron chi connectivity index (χ3n) is 2.46. The molecule has 0 aliphatic rings. The molecule has 82 valence electrons. The van der Waals surface area contributed by atoms with Gasteiger partial charge in [0.15, 0.2) is 0 Å². The van der Waals surface area contributed by atoms with Crippen LogP contribution in [0.25, 0.3) is 0 Å². The molecule has 0 saturated carbocycles. The van der Waals surface area contributed by atoms with E-state index in [4.69, 9.17) is 6.42 Å². The van der Waals surface area contributed by atoms with Crippen molar-refractivity contribution < 1.29 is 0 Å². The highest BCUT2D eigenvalue weighted by Crippen LogP contribution is 2.13. The van der Waals surface area contributed by atoms with E-state index in [1.807, 2.05) is 61.5 Å². The SMILES string of the molecule is C#CC(=Nc1ccccc1)c1ccc(C)cc1. The molecule has 1 nitrogen and oxygen atoms in total. The lowest BCUT2D eigenvalue weighted by Gasteiger charge is -2.01. The molecule has 0 fully saturated rings. The van der Waals surface area contributed by atoms with Gasteiger partial charge in [0.05, 0.1) is 5.69 Å². The summed E-state index contributed by atoms with van der Waals surface area (Å²) in [7, 11) is 0. The monoisotopic (exact) mass is 219 g/mol. The number of rotatable bonds is 2. The van der Waals surface area contributed by atoms with Gasteiger partial charge in [-0.1, -0.05) is 48.0 Å². The molecular formula is C16H13N. The number of terminal acetylenes is 1. The molecule has 0 unspecified atom stereocenters. The van der Waals surface area contributed by atoms with E-state index in [0.29, 0.717) is 5.71 Å². The summed E-state index contributed by atoms with van der Waals surface area (Å²) in [6, 6.07) is 17.8. The third kappa shape index (κ3) is 2.83. The lowest BCUT2D eigenvalue weighted by Crippen LogP contribution is -1.96. The van der Waals surface area contributed by atoms with E-state index in [1.165, 1.54) is 5.56 Å². The van der Waals surface area contributed by atoms with Crippen molar-refractivity contribution in [3.63, 3.8) is 0 Å². The van der Waals surface area contributed by atoms with Gasteiger partial charge in [-0.25, -0.2) is 4.99 Å². The number of aryl methyl sites for hydroxylation is 1. The molecule has 0 aromatic heterocycles. The molecular weight excluding hydrogens is 206 g/mol. The summed E-state index contributed by atoms with van der Waals surface area (Å²) in [5, 5.41) is 0. The maximum Gasteiger partial charge on any atom is 0.120 e. The van der Waals surface area contributed by atoms with Gasteiger partial charge in [0.25, 0.3) is 0 Å². The Balaban J connectivity index is 2.38. The first-order chi connectivity index (χ1) is 8.29. The quantitative estimate of drug-likeness (QED) is 0.539. The number of nitrogens with zero attached hydrogens (tertiary/aromatic N) is 1. The normalized spacial score (nSPS) is 10.9. The fourth-order valence-electron chi connectivity index (χ4n) is 1.52. The van der Waals surface area contributed by atoms with Crippen LogP contribution in [-0.2, 0) is 0 Å². The van der Waals surface area contributed by atoms with Crippen molar-refractivity contribution in [1.82, 2.24) is 0 Å². The Hall–Kier alpha value is -2.33. The molecule has 17 heavy (non-hydrogen) atoms. The molecule has 2 aromatic rings. The zero-order valence-electron chi connectivity index (χ0n) is 9.72. The minimum absolute atomic E-state index is 0.663. The zero-order chi connectivity index (χ0) is 12.1. The minimum atomic E-state index is 0.663. The smallest absolute Gasteiger partial charge is 0.120 e. The topological polar surface area (TPSA) is 12.4 Å². The van der Waals surface area contributed by atoms with Crippen LogP contribution in [0.4, 0.5) is 5.69 Å². The summed E-state index contributed by atoms with van der Waals surface area (Å²) in [4.78, 5) is 4.46. The lowest BCUT2D eigenvalue weighted by atomic mass is 10.1. The zero-order valence-corrected chi connectivity index (χ0v) is 9.72. The predicted molar refractivity (Wildman–Crippen MR) is 72.7 cm³/mol. The first-order valence-corrected chi connectivity index (χ1v) is 5.47. The van der Waals surface area contributed by atoms with Gasteiger partial charge in [-0.05, 0) is 25.0 Å². The van der Waals surface area contributed by atoms with Crippen LogP contribution in [0.3, 0.4) is 0 Å². The Morgan fingerprint density at radius 2 is 1.65 bits per heavy atom. The molecule has 0 amide bonds. The van der Waals surface area contributed by atoms with E-state index >= 15 is 0 Å². The minimum Gasteiger partial charge on any atom is -0.239 e. The number of para-hydroxylation sites is 1.